The summed E-state index contributed by atoms with van der Waals surface area (Å²) in [5.74, 6) is 0.770. The van der Waals surface area contributed by atoms with Crippen LogP contribution in [0.15, 0.2) is 28.8 Å². The van der Waals surface area contributed by atoms with Gasteiger partial charge in [-0.1, -0.05) is 11.2 Å². The molecule has 0 radical (unpaired) electrons. The van der Waals surface area contributed by atoms with Gasteiger partial charge in [0.05, 0.1) is 24.7 Å². The monoisotopic (exact) mass is 354 g/mol. The second-order valence-corrected chi connectivity index (χ2v) is 6.67. The summed E-state index contributed by atoms with van der Waals surface area (Å²) in [6.45, 7) is 2.35. The number of aromatic nitrogens is 1. The van der Waals surface area contributed by atoms with Crippen LogP contribution in [0.25, 0.3) is 0 Å². The molecule has 1 aliphatic carbocycles. The predicted molar refractivity (Wildman–Crippen MR) is 89.5 cm³/mol. The van der Waals surface area contributed by atoms with E-state index in [9.17, 15) is 14.4 Å². The third-order valence-corrected chi connectivity index (χ3v) is 4.82. The number of hydrogen-bond acceptors (Lipinski definition) is 6. The number of amides is 1. The first-order chi connectivity index (χ1) is 12.5. The van der Waals surface area contributed by atoms with Crippen LogP contribution in [0, 0.1) is 6.92 Å². The molecule has 1 fully saturated rings. The van der Waals surface area contributed by atoms with Crippen LogP contribution in [0.1, 0.15) is 46.6 Å². The molecule has 0 spiro atoms. The van der Waals surface area contributed by atoms with Crippen molar-refractivity contribution in [1.29, 1.82) is 0 Å². The predicted octanol–water partition coefficient (Wildman–Crippen LogP) is 2.21. The highest BCUT2D eigenvalue weighted by atomic mass is 16.5. The summed E-state index contributed by atoms with van der Waals surface area (Å²) in [5.41, 5.74) is 2.08. The Morgan fingerprint density at radius 1 is 1.31 bits per heavy atom. The van der Waals surface area contributed by atoms with Crippen LogP contribution < -0.4 is 4.74 Å². The first kappa shape index (κ1) is 16.5. The molecule has 1 amide bonds. The van der Waals surface area contributed by atoms with Crippen LogP contribution >= 0.6 is 0 Å². The Kier molecular flexibility index (Phi) is 4.06. The third-order valence-electron chi connectivity index (χ3n) is 4.82. The van der Waals surface area contributed by atoms with Crippen LogP contribution in [0.3, 0.4) is 0 Å². The molecule has 0 saturated heterocycles. The van der Waals surface area contributed by atoms with Gasteiger partial charge < -0.3 is 14.2 Å². The van der Waals surface area contributed by atoms with Crippen molar-refractivity contribution in [3.63, 3.8) is 0 Å². The quantitative estimate of drug-likeness (QED) is 0.782. The molecule has 1 atom stereocenters. The maximum absolute atomic E-state index is 12.8. The van der Waals surface area contributed by atoms with Crippen molar-refractivity contribution in [2.24, 2.45) is 0 Å². The number of hydrogen-bond donors (Lipinski definition) is 0. The maximum Gasteiger partial charge on any atom is 0.255 e. The highest BCUT2D eigenvalue weighted by Crippen LogP contribution is 2.34. The number of benzene rings is 1. The topological polar surface area (TPSA) is 89.7 Å². The van der Waals surface area contributed by atoms with Crippen molar-refractivity contribution in [1.82, 2.24) is 10.1 Å². The molecule has 134 valence electrons. The number of fused-ring (bicyclic) bond motifs is 1. The lowest BCUT2D eigenvalue weighted by Gasteiger charge is -2.29. The summed E-state index contributed by atoms with van der Waals surface area (Å²) in [6, 6.07) is 6.55. The summed E-state index contributed by atoms with van der Waals surface area (Å²) >= 11 is 0. The van der Waals surface area contributed by atoms with E-state index >= 15 is 0 Å². The van der Waals surface area contributed by atoms with Crippen molar-refractivity contribution in [2.75, 3.05) is 0 Å². The Morgan fingerprint density at radius 2 is 2.15 bits per heavy atom. The van der Waals surface area contributed by atoms with Crippen LogP contribution in [0.2, 0.25) is 0 Å². The highest BCUT2D eigenvalue weighted by molar-refractivity contribution is 6.07. The minimum Gasteiger partial charge on any atom is -0.485 e. The summed E-state index contributed by atoms with van der Waals surface area (Å²) < 4.78 is 11.0. The molecule has 7 nitrogen and oxygen atoms in total. The Balaban J connectivity index is 1.54. The van der Waals surface area contributed by atoms with Crippen LogP contribution in [-0.4, -0.2) is 33.6 Å². The van der Waals surface area contributed by atoms with Gasteiger partial charge >= 0.3 is 0 Å². The van der Waals surface area contributed by atoms with Crippen molar-refractivity contribution in [3.05, 3.63) is 46.8 Å². The first-order valence-corrected chi connectivity index (χ1v) is 8.55. The number of nitrogens with zero attached hydrogens (tertiary/aromatic N) is 2. The van der Waals surface area contributed by atoms with Crippen LogP contribution in [-0.2, 0) is 22.7 Å². The summed E-state index contributed by atoms with van der Waals surface area (Å²) in [4.78, 5) is 38.0. The minimum absolute atomic E-state index is 0.0539. The van der Waals surface area contributed by atoms with Crippen molar-refractivity contribution in [3.8, 4) is 5.75 Å². The van der Waals surface area contributed by atoms with E-state index in [0.29, 0.717) is 36.5 Å². The lowest BCUT2D eigenvalue weighted by molar-refractivity contribution is -0.133. The number of carbonyl (C=O) groups excluding carboxylic acids is 3. The van der Waals surface area contributed by atoms with Gasteiger partial charge in [0.25, 0.3) is 5.91 Å². The Labute approximate surface area is 149 Å². The van der Waals surface area contributed by atoms with Gasteiger partial charge in [-0.25, -0.2) is 0 Å². The zero-order chi connectivity index (χ0) is 18.3. The zero-order valence-corrected chi connectivity index (χ0v) is 14.4. The van der Waals surface area contributed by atoms with E-state index < -0.39 is 6.04 Å². The molecule has 2 aliphatic rings. The Bertz CT molecular complexity index is 901. The molecule has 2 heterocycles. The van der Waals surface area contributed by atoms with E-state index in [1.807, 2.05) is 6.92 Å². The molecular weight excluding hydrogens is 336 g/mol. The molecule has 1 aromatic carbocycles. The van der Waals surface area contributed by atoms with Gasteiger partial charge in [0, 0.05) is 23.6 Å². The standard InChI is InChI=1S/C19H18N2O5/c1-11-7-13(26-20-11)10-25-18-4-2-3-14-15(18)9-21(19(14)24)16-6-5-12(22)8-17(16)23/h2-4,7,16H,5-6,8-10H2,1H3. The number of ketones is 2. The molecular formula is C19H18N2O5. The fraction of sp³-hybridized carbons (Fsp3) is 0.368. The Hall–Kier alpha value is -2.96. The molecule has 26 heavy (non-hydrogen) atoms. The van der Waals surface area contributed by atoms with E-state index in [0.717, 1.165) is 11.3 Å². The fourth-order valence-electron chi connectivity index (χ4n) is 3.54. The van der Waals surface area contributed by atoms with E-state index in [1.165, 1.54) is 0 Å². The number of ether oxygens (including phenoxy) is 1. The fourth-order valence-corrected chi connectivity index (χ4v) is 3.54. The molecule has 7 heteroatoms. The van der Waals surface area contributed by atoms with Gasteiger partial charge in [-0.3, -0.25) is 14.4 Å². The highest BCUT2D eigenvalue weighted by Gasteiger charge is 2.39. The SMILES string of the molecule is Cc1cc(COc2cccc3c2CN(C2CCC(=O)CC2=O)C3=O)on1. The lowest BCUT2D eigenvalue weighted by Crippen LogP contribution is -2.44. The normalized spacial score (nSPS) is 19.8. The average Bonchev–Trinajstić information content (AvgIpc) is 3.17. The molecule has 2 aromatic rings. The van der Waals surface area contributed by atoms with E-state index in [1.54, 1.807) is 29.2 Å². The maximum atomic E-state index is 12.8. The van der Waals surface area contributed by atoms with E-state index in [2.05, 4.69) is 5.16 Å². The van der Waals surface area contributed by atoms with E-state index in [-0.39, 0.29) is 30.5 Å². The van der Waals surface area contributed by atoms with E-state index in [4.69, 9.17) is 9.26 Å². The Morgan fingerprint density at radius 3 is 2.88 bits per heavy atom. The zero-order valence-electron chi connectivity index (χ0n) is 14.4. The smallest absolute Gasteiger partial charge is 0.255 e. The molecule has 4 rings (SSSR count). The number of carbonyl (C=O) groups is 3. The summed E-state index contributed by atoms with van der Waals surface area (Å²) in [7, 11) is 0. The minimum atomic E-state index is -0.530. The molecule has 1 saturated carbocycles. The summed E-state index contributed by atoms with van der Waals surface area (Å²) in [6.07, 6.45) is 0.647. The first-order valence-electron chi connectivity index (χ1n) is 8.55. The molecule has 0 N–H and O–H groups in total. The van der Waals surface area contributed by atoms with Gasteiger partial charge in [-0.05, 0) is 25.5 Å². The van der Waals surface area contributed by atoms with Gasteiger partial charge in [0.2, 0.25) is 0 Å². The second-order valence-electron chi connectivity index (χ2n) is 6.67. The summed E-state index contributed by atoms with van der Waals surface area (Å²) in [5, 5.41) is 3.82. The largest absolute Gasteiger partial charge is 0.485 e. The molecule has 1 aliphatic heterocycles. The average molecular weight is 354 g/mol. The number of Topliss-reactive ketones (excluding diaryl/α,β-unsaturated/α-hetero) is 2. The van der Waals surface area contributed by atoms with Crippen molar-refractivity contribution in [2.45, 2.75) is 45.4 Å². The molecule has 1 unspecified atom stereocenters. The van der Waals surface area contributed by atoms with Crippen molar-refractivity contribution < 1.29 is 23.6 Å². The van der Waals surface area contributed by atoms with Gasteiger partial charge in [0.1, 0.15) is 18.1 Å². The van der Waals surface area contributed by atoms with Crippen LogP contribution in [0.4, 0.5) is 0 Å². The molecule has 1 aromatic heterocycles. The molecule has 0 bridgehead atoms. The lowest BCUT2D eigenvalue weighted by atomic mass is 9.92. The number of aryl methyl sites for hydroxylation is 1. The second kappa shape index (κ2) is 6.40. The van der Waals surface area contributed by atoms with Crippen molar-refractivity contribution >= 4 is 17.5 Å². The third kappa shape index (κ3) is 2.89. The van der Waals surface area contributed by atoms with Gasteiger partial charge in [0.15, 0.2) is 11.5 Å². The van der Waals surface area contributed by atoms with Crippen LogP contribution in [0.5, 0.6) is 5.75 Å². The number of rotatable bonds is 4. The van der Waals surface area contributed by atoms with Gasteiger partial charge in [-0.15, -0.1) is 0 Å². The van der Waals surface area contributed by atoms with Gasteiger partial charge in [-0.2, -0.15) is 0 Å².